The lowest BCUT2D eigenvalue weighted by atomic mass is 10.2. The first kappa shape index (κ1) is 17.7. The molecule has 1 aromatic carbocycles. The maximum absolute atomic E-state index is 12.9. The van der Waals surface area contributed by atoms with Gasteiger partial charge < -0.3 is 4.42 Å². The van der Waals surface area contributed by atoms with Crippen LogP contribution >= 0.6 is 0 Å². The molecule has 23 heavy (non-hydrogen) atoms. The number of rotatable bonds is 6. The molecule has 0 N–H and O–H groups in total. The summed E-state index contributed by atoms with van der Waals surface area (Å²) in [6, 6.07) is 5.83. The van der Waals surface area contributed by atoms with E-state index in [0.29, 0.717) is 5.56 Å². The number of sulfone groups is 1. The number of hydrogen-bond acceptors (Lipinski definition) is 5. The lowest BCUT2D eigenvalue weighted by molar-refractivity contribution is 0.420. The summed E-state index contributed by atoms with van der Waals surface area (Å²) in [7, 11) is -7.30. The lowest BCUT2D eigenvalue weighted by Crippen LogP contribution is -2.31. The first-order valence-electron chi connectivity index (χ1n) is 6.98. The molecule has 0 saturated carbocycles. The van der Waals surface area contributed by atoms with Crippen molar-refractivity contribution >= 4 is 19.9 Å². The van der Waals surface area contributed by atoms with Crippen molar-refractivity contribution in [1.82, 2.24) is 4.31 Å². The molecule has 0 saturated heterocycles. The van der Waals surface area contributed by atoms with Crippen LogP contribution in [0.25, 0.3) is 0 Å². The van der Waals surface area contributed by atoms with Gasteiger partial charge >= 0.3 is 0 Å². The third-order valence-electron chi connectivity index (χ3n) is 3.50. The Kier molecular flexibility index (Phi) is 4.98. The second kappa shape index (κ2) is 6.46. The van der Waals surface area contributed by atoms with E-state index in [-0.39, 0.29) is 22.9 Å². The van der Waals surface area contributed by atoms with Crippen LogP contribution < -0.4 is 0 Å². The number of nitrogens with zero attached hydrogens (tertiary/aromatic N) is 1. The van der Waals surface area contributed by atoms with E-state index in [1.54, 1.807) is 19.9 Å². The van der Waals surface area contributed by atoms with Gasteiger partial charge in [0.15, 0.2) is 9.84 Å². The van der Waals surface area contributed by atoms with Gasteiger partial charge in [-0.15, -0.1) is 0 Å². The largest absolute Gasteiger partial charge is 0.472 e. The van der Waals surface area contributed by atoms with Crippen molar-refractivity contribution in [3.05, 3.63) is 47.9 Å². The van der Waals surface area contributed by atoms with Gasteiger partial charge in [0, 0.05) is 24.9 Å². The number of furan rings is 1. The third-order valence-corrected chi connectivity index (χ3v) is 6.67. The summed E-state index contributed by atoms with van der Waals surface area (Å²) in [6.07, 6.45) is 4.01. The predicted octanol–water partition coefficient (Wildman–Crippen LogP) is 2.20. The van der Waals surface area contributed by atoms with Crippen molar-refractivity contribution in [3.63, 3.8) is 0 Å². The van der Waals surface area contributed by atoms with Crippen LogP contribution in [0.15, 0.2) is 51.0 Å². The summed E-state index contributed by atoms with van der Waals surface area (Å²) in [5.74, 6) is 0. The lowest BCUT2D eigenvalue weighted by Gasteiger charge is -2.21. The van der Waals surface area contributed by atoms with Gasteiger partial charge in [-0.25, -0.2) is 16.8 Å². The maximum atomic E-state index is 12.9. The second-order valence-electron chi connectivity index (χ2n) is 5.26. The monoisotopic (exact) mass is 357 g/mol. The fraction of sp³-hybridized carbons (Fsp3) is 0.333. The van der Waals surface area contributed by atoms with Crippen molar-refractivity contribution in [2.45, 2.75) is 30.2 Å². The van der Waals surface area contributed by atoms with Gasteiger partial charge in [-0.1, -0.05) is 13.0 Å². The minimum absolute atomic E-state index is 0.00534. The molecule has 0 spiro atoms. The van der Waals surface area contributed by atoms with E-state index in [1.165, 1.54) is 35.0 Å². The molecule has 0 aliphatic carbocycles. The van der Waals surface area contributed by atoms with Crippen molar-refractivity contribution in [3.8, 4) is 0 Å². The van der Waals surface area contributed by atoms with Gasteiger partial charge in [0.2, 0.25) is 10.0 Å². The van der Waals surface area contributed by atoms with E-state index >= 15 is 0 Å². The quantitative estimate of drug-likeness (QED) is 0.791. The van der Waals surface area contributed by atoms with E-state index in [0.717, 1.165) is 11.8 Å². The average molecular weight is 357 g/mol. The van der Waals surface area contributed by atoms with Crippen molar-refractivity contribution in [2.75, 3.05) is 12.8 Å². The van der Waals surface area contributed by atoms with Crippen LogP contribution in [0.3, 0.4) is 0 Å². The molecule has 0 aliphatic rings. The van der Waals surface area contributed by atoms with E-state index in [4.69, 9.17) is 4.42 Å². The van der Waals surface area contributed by atoms with Crippen molar-refractivity contribution in [1.29, 1.82) is 0 Å². The molecule has 0 unspecified atom stereocenters. The molecule has 8 heteroatoms. The van der Waals surface area contributed by atoms with Gasteiger partial charge in [0.25, 0.3) is 0 Å². The molecule has 0 aliphatic heterocycles. The zero-order valence-electron chi connectivity index (χ0n) is 13.2. The summed E-state index contributed by atoms with van der Waals surface area (Å²) in [5.41, 5.74) is 1.23. The summed E-state index contributed by atoms with van der Waals surface area (Å²) >= 11 is 0. The Labute approximate surface area is 136 Å². The topological polar surface area (TPSA) is 84.7 Å². The van der Waals surface area contributed by atoms with E-state index < -0.39 is 19.9 Å². The van der Waals surface area contributed by atoms with Crippen molar-refractivity contribution in [2.24, 2.45) is 0 Å². The van der Waals surface area contributed by atoms with Gasteiger partial charge in [0.05, 0.1) is 22.3 Å². The predicted molar refractivity (Wildman–Crippen MR) is 86.3 cm³/mol. The minimum atomic E-state index is -3.81. The first-order valence-corrected chi connectivity index (χ1v) is 10.3. The zero-order valence-corrected chi connectivity index (χ0v) is 14.8. The van der Waals surface area contributed by atoms with Crippen molar-refractivity contribution < 1.29 is 21.3 Å². The highest BCUT2D eigenvalue weighted by Crippen LogP contribution is 2.24. The van der Waals surface area contributed by atoms with E-state index in [9.17, 15) is 16.8 Å². The Morgan fingerprint density at radius 1 is 1.13 bits per heavy atom. The Bertz CT molecular complexity index is 884. The standard InChI is InChI=1S/C15H19NO5S2/c1-4-16(10-13-7-8-21-11-13)23(19,20)15-9-14(22(3,17)18)6-5-12(15)2/h5-9,11H,4,10H2,1-3H3. The molecule has 0 amide bonds. The van der Waals surface area contributed by atoms with Gasteiger partial charge in [-0.3, -0.25) is 0 Å². The highest BCUT2D eigenvalue weighted by Gasteiger charge is 2.26. The Balaban J connectivity index is 2.49. The molecular formula is C15H19NO5S2. The molecule has 0 atom stereocenters. The number of aryl methyl sites for hydroxylation is 1. The molecule has 2 aromatic rings. The molecule has 0 bridgehead atoms. The smallest absolute Gasteiger partial charge is 0.243 e. The van der Waals surface area contributed by atoms with Crippen LogP contribution in [0.5, 0.6) is 0 Å². The molecule has 126 valence electrons. The average Bonchev–Trinajstić information content (AvgIpc) is 2.96. The molecule has 1 heterocycles. The third kappa shape index (κ3) is 3.82. The second-order valence-corrected chi connectivity index (χ2v) is 9.18. The number of hydrogen-bond donors (Lipinski definition) is 0. The first-order chi connectivity index (χ1) is 10.7. The van der Waals surface area contributed by atoms with Crippen LogP contribution in [-0.2, 0) is 26.4 Å². The van der Waals surface area contributed by atoms with Gasteiger partial charge in [0.1, 0.15) is 0 Å². The van der Waals surface area contributed by atoms with Crippen LogP contribution in [0.2, 0.25) is 0 Å². The highest BCUT2D eigenvalue weighted by atomic mass is 32.2. The van der Waals surface area contributed by atoms with Crippen LogP contribution in [0.1, 0.15) is 18.1 Å². The minimum Gasteiger partial charge on any atom is -0.472 e. The van der Waals surface area contributed by atoms with E-state index in [1.807, 2.05) is 0 Å². The molecule has 0 fully saturated rings. The SMILES string of the molecule is CCN(Cc1ccoc1)S(=O)(=O)c1cc(S(C)(=O)=O)ccc1C. The molecule has 2 rings (SSSR count). The molecule has 0 radical (unpaired) electrons. The summed E-state index contributed by atoms with van der Waals surface area (Å²) in [4.78, 5) is -0.00758. The molecular weight excluding hydrogens is 338 g/mol. The molecule has 1 aromatic heterocycles. The van der Waals surface area contributed by atoms with Crippen LogP contribution in [0, 0.1) is 6.92 Å². The fourth-order valence-electron chi connectivity index (χ4n) is 2.18. The molecule has 6 nitrogen and oxygen atoms in total. The normalized spacial score (nSPS) is 12.7. The summed E-state index contributed by atoms with van der Waals surface area (Å²) in [6.45, 7) is 3.80. The summed E-state index contributed by atoms with van der Waals surface area (Å²) < 4.78 is 55.4. The Hall–Kier alpha value is -1.64. The highest BCUT2D eigenvalue weighted by molar-refractivity contribution is 7.91. The maximum Gasteiger partial charge on any atom is 0.243 e. The Morgan fingerprint density at radius 3 is 2.35 bits per heavy atom. The number of sulfonamides is 1. The zero-order chi connectivity index (χ0) is 17.3. The number of benzene rings is 1. The van der Waals surface area contributed by atoms with Gasteiger partial charge in [-0.2, -0.15) is 4.31 Å². The van der Waals surface area contributed by atoms with Gasteiger partial charge in [-0.05, 0) is 30.7 Å². The van der Waals surface area contributed by atoms with E-state index in [2.05, 4.69) is 0 Å². The summed E-state index contributed by atoms with van der Waals surface area (Å²) in [5, 5.41) is 0. The Morgan fingerprint density at radius 2 is 1.83 bits per heavy atom. The van der Waals surface area contributed by atoms with Crippen LogP contribution in [0.4, 0.5) is 0 Å². The van der Waals surface area contributed by atoms with Crippen LogP contribution in [-0.4, -0.2) is 33.9 Å². The fourth-order valence-corrected chi connectivity index (χ4v) is 4.59.